The van der Waals surface area contributed by atoms with Crippen molar-refractivity contribution in [3.63, 3.8) is 0 Å². The average molecular weight is 316 g/mol. The second kappa shape index (κ2) is 11.3. The lowest BCUT2D eigenvalue weighted by Gasteiger charge is -2.16. The van der Waals surface area contributed by atoms with E-state index >= 15 is 0 Å². The average Bonchev–Trinajstić information content (AvgIpc) is 2.80. The maximum Gasteiger partial charge on any atom is 0.163 e. The largest absolute Gasteiger partial charge is 0.345 e. The molecule has 1 aliphatic rings. The van der Waals surface area contributed by atoms with Crippen molar-refractivity contribution >= 4 is 0 Å². The Kier molecular flexibility index (Phi) is 9.77. The maximum absolute atomic E-state index is 6.05. The lowest BCUT2D eigenvalue weighted by molar-refractivity contribution is -0.146. The maximum atomic E-state index is 6.05. The fourth-order valence-electron chi connectivity index (χ4n) is 2.82. The molecule has 1 aliphatic heterocycles. The van der Waals surface area contributed by atoms with Crippen molar-refractivity contribution in [1.29, 1.82) is 0 Å². The van der Waals surface area contributed by atoms with E-state index in [1.165, 1.54) is 38.5 Å². The van der Waals surface area contributed by atoms with Crippen LogP contribution in [-0.4, -0.2) is 18.0 Å². The van der Waals surface area contributed by atoms with Crippen LogP contribution >= 0.6 is 0 Å². The summed E-state index contributed by atoms with van der Waals surface area (Å²) in [7, 11) is 0. The third-order valence-electron chi connectivity index (χ3n) is 3.92. The van der Waals surface area contributed by atoms with Crippen LogP contribution in [0, 0.1) is 23.7 Å². The van der Waals surface area contributed by atoms with E-state index < -0.39 is 5.79 Å². The molecule has 0 amide bonds. The summed E-state index contributed by atoms with van der Waals surface area (Å²) in [6, 6.07) is 0. The fraction of sp³-hybridized carbons (Fsp3) is 0.714. The highest BCUT2D eigenvalue weighted by Gasteiger charge is 2.40. The zero-order valence-corrected chi connectivity index (χ0v) is 15.1. The first kappa shape index (κ1) is 19.8. The Hall–Kier alpha value is -1.22. The molecule has 2 nitrogen and oxygen atoms in total. The fourth-order valence-corrected chi connectivity index (χ4v) is 2.82. The van der Waals surface area contributed by atoms with Crippen molar-refractivity contribution in [1.82, 2.24) is 0 Å². The lowest BCUT2D eigenvalue weighted by Crippen LogP contribution is -2.21. The van der Waals surface area contributed by atoms with Crippen molar-refractivity contribution in [3.05, 3.63) is 12.7 Å². The molecule has 2 unspecified atom stereocenters. The molecule has 2 heteroatoms. The molecule has 1 fully saturated rings. The molecule has 0 radical (unpaired) electrons. The van der Waals surface area contributed by atoms with E-state index in [4.69, 9.17) is 9.47 Å². The highest BCUT2D eigenvalue weighted by molar-refractivity contribution is 5.26. The van der Waals surface area contributed by atoms with Gasteiger partial charge in [-0.25, -0.2) is 0 Å². The van der Waals surface area contributed by atoms with E-state index in [1.807, 2.05) is 13.8 Å². The van der Waals surface area contributed by atoms with Crippen LogP contribution in [0.4, 0.5) is 0 Å². The summed E-state index contributed by atoms with van der Waals surface area (Å²) >= 11 is 0. The van der Waals surface area contributed by atoms with E-state index in [2.05, 4.69) is 37.2 Å². The third kappa shape index (κ3) is 8.85. The second-order valence-corrected chi connectivity index (χ2v) is 6.57. The zero-order valence-electron chi connectivity index (χ0n) is 15.1. The molecule has 0 saturated carbocycles. The monoisotopic (exact) mass is 316 g/mol. The van der Waals surface area contributed by atoms with Gasteiger partial charge in [0.15, 0.2) is 5.79 Å². The molecule has 0 aliphatic carbocycles. The molecule has 0 aromatic rings. The van der Waals surface area contributed by atoms with Crippen molar-refractivity contribution in [3.8, 4) is 23.7 Å². The molecule has 0 aromatic heterocycles. The summed E-state index contributed by atoms with van der Waals surface area (Å²) in [5.41, 5.74) is 0. The van der Waals surface area contributed by atoms with Gasteiger partial charge >= 0.3 is 0 Å². The highest BCUT2D eigenvalue weighted by atomic mass is 16.7. The SMILES string of the molecule is C=CCC#CC#CCC1OC(C)(C)OC1CCCCCCCC. The Morgan fingerprint density at radius 3 is 2.35 bits per heavy atom. The van der Waals surface area contributed by atoms with Gasteiger partial charge in [-0.05, 0) is 32.1 Å². The van der Waals surface area contributed by atoms with Gasteiger partial charge in [0, 0.05) is 12.8 Å². The summed E-state index contributed by atoms with van der Waals surface area (Å²) in [5.74, 6) is 11.3. The molecule has 0 N–H and O–H groups in total. The summed E-state index contributed by atoms with van der Waals surface area (Å²) in [6.45, 7) is 9.85. The van der Waals surface area contributed by atoms with E-state index in [0.29, 0.717) is 12.8 Å². The third-order valence-corrected chi connectivity index (χ3v) is 3.92. The van der Waals surface area contributed by atoms with Crippen molar-refractivity contribution in [2.75, 3.05) is 0 Å². The Bertz CT molecular complexity index is 456. The summed E-state index contributed by atoms with van der Waals surface area (Å²) < 4.78 is 12.0. The van der Waals surface area contributed by atoms with Crippen LogP contribution in [0.25, 0.3) is 0 Å². The molecular formula is C21H32O2. The van der Waals surface area contributed by atoms with Crippen molar-refractivity contribution in [2.24, 2.45) is 0 Å². The van der Waals surface area contributed by atoms with Crippen LogP contribution in [0.1, 0.15) is 78.6 Å². The van der Waals surface area contributed by atoms with Gasteiger partial charge in [-0.15, -0.1) is 6.58 Å². The molecule has 1 saturated heterocycles. The molecular weight excluding hydrogens is 284 g/mol. The van der Waals surface area contributed by atoms with Crippen LogP contribution in [0.3, 0.4) is 0 Å². The molecule has 0 aromatic carbocycles. The molecule has 1 rings (SSSR count). The summed E-state index contributed by atoms with van der Waals surface area (Å²) in [5, 5.41) is 0. The minimum atomic E-state index is -0.492. The van der Waals surface area contributed by atoms with Gasteiger partial charge in [0.2, 0.25) is 0 Å². The Balaban J connectivity index is 2.36. The normalized spacial score (nSPS) is 21.9. The number of ether oxygens (including phenoxy) is 2. The number of allylic oxidation sites excluding steroid dienone is 1. The predicted molar refractivity (Wildman–Crippen MR) is 96.8 cm³/mol. The molecule has 1 heterocycles. The topological polar surface area (TPSA) is 18.5 Å². The molecule has 0 bridgehead atoms. The lowest BCUT2D eigenvalue weighted by atomic mass is 10.0. The quantitative estimate of drug-likeness (QED) is 0.329. The van der Waals surface area contributed by atoms with Crippen LogP contribution in [0.15, 0.2) is 12.7 Å². The standard InChI is InChI=1S/C21H32O2/c1-5-7-9-11-13-15-17-19-20(23-21(3,4)22-19)18-16-14-12-10-8-6-2/h5,19-20H,1,6-8,10,12,14,16-18H2,2-4H3. The minimum Gasteiger partial charge on any atom is -0.345 e. The number of hydrogen-bond acceptors (Lipinski definition) is 2. The van der Waals surface area contributed by atoms with Crippen LogP contribution < -0.4 is 0 Å². The van der Waals surface area contributed by atoms with Gasteiger partial charge in [-0.1, -0.05) is 63.4 Å². The first-order valence-electron chi connectivity index (χ1n) is 9.01. The Morgan fingerprint density at radius 2 is 1.61 bits per heavy atom. The molecule has 128 valence electrons. The van der Waals surface area contributed by atoms with Crippen molar-refractivity contribution < 1.29 is 9.47 Å². The first-order chi connectivity index (χ1) is 11.1. The molecule has 2 atom stereocenters. The zero-order chi connectivity index (χ0) is 17.0. The van der Waals surface area contributed by atoms with Crippen LogP contribution in [0.2, 0.25) is 0 Å². The number of unbranched alkanes of at least 4 members (excludes halogenated alkanes) is 5. The highest BCUT2D eigenvalue weighted by Crippen LogP contribution is 2.32. The Labute approximate surface area is 143 Å². The number of hydrogen-bond donors (Lipinski definition) is 0. The summed E-state index contributed by atoms with van der Waals surface area (Å²) in [6.07, 6.45) is 12.2. The first-order valence-corrected chi connectivity index (χ1v) is 9.01. The van der Waals surface area contributed by atoms with Gasteiger partial charge in [-0.3, -0.25) is 0 Å². The molecule has 23 heavy (non-hydrogen) atoms. The van der Waals surface area contributed by atoms with E-state index in [-0.39, 0.29) is 12.2 Å². The predicted octanol–water partition coefficient (Wildman–Crippen LogP) is 5.23. The smallest absolute Gasteiger partial charge is 0.163 e. The van der Waals surface area contributed by atoms with Crippen molar-refractivity contribution in [2.45, 2.75) is 96.6 Å². The van der Waals surface area contributed by atoms with Gasteiger partial charge in [0.05, 0.1) is 12.2 Å². The van der Waals surface area contributed by atoms with E-state index in [9.17, 15) is 0 Å². The van der Waals surface area contributed by atoms with Crippen LogP contribution in [0.5, 0.6) is 0 Å². The van der Waals surface area contributed by atoms with Gasteiger partial charge < -0.3 is 9.47 Å². The van der Waals surface area contributed by atoms with E-state index in [1.54, 1.807) is 6.08 Å². The Morgan fingerprint density at radius 1 is 0.957 bits per heavy atom. The van der Waals surface area contributed by atoms with Gasteiger partial charge in [-0.2, -0.15) is 0 Å². The van der Waals surface area contributed by atoms with Gasteiger partial charge in [0.25, 0.3) is 0 Å². The summed E-state index contributed by atoms with van der Waals surface area (Å²) in [4.78, 5) is 0. The minimum absolute atomic E-state index is 0.0642. The second-order valence-electron chi connectivity index (χ2n) is 6.57. The van der Waals surface area contributed by atoms with Crippen LogP contribution in [-0.2, 0) is 9.47 Å². The van der Waals surface area contributed by atoms with Gasteiger partial charge in [0.1, 0.15) is 0 Å². The van der Waals surface area contributed by atoms with E-state index in [0.717, 1.165) is 6.42 Å². The number of rotatable bonds is 9. The molecule has 0 spiro atoms.